The molecule has 0 fully saturated rings. The zero-order valence-electron chi connectivity index (χ0n) is 16.0. The van der Waals surface area contributed by atoms with Crippen LogP contribution in [0.4, 0.5) is 0 Å². The molecule has 0 spiro atoms. The van der Waals surface area contributed by atoms with Crippen molar-refractivity contribution in [3.63, 3.8) is 0 Å². The summed E-state index contributed by atoms with van der Waals surface area (Å²) in [5.41, 5.74) is 7.23. The third-order valence-corrected chi connectivity index (χ3v) is 5.90. The molecule has 0 atom stereocenters. The number of ether oxygens (including phenoxy) is 1. The van der Waals surface area contributed by atoms with Crippen molar-refractivity contribution in [2.75, 3.05) is 0 Å². The number of furan rings is 1. The van der Waals surface area contributed by atoms with Gasteiger partial charge in [-0.15, -0.1) is 0 Å². The highest BCUT2D eigenvalue weighted by atomic mass is 16.5. The number of hydrogen-bond donors (Lipinski definition) is 0. The first-order valence-electron chi connectivity index (χ1n) is 10.0. The van der Waals surface area contributed by atoms with Crippen LogP contribution < -0.4 is 4.74 Å². The van der Waals surface area contributed by atoms with Crippen LogP contribution >= 0.6 is 0 Å². The van der Waals surface area contributed by atoms with Crippen molar-refractivity contribution in [2.24, 2.45) is 0 Å². The minimum atomic E-state index is 0.480. The van der Waals surface area contributed by atoms with Crippen molar-refractivity contribution >= 4 is 33.0 Å². The first-order chi connectivity index (χ1) is 14.8. The fraction of sp³-hybridized carbons (Fsp3) is 0.0385. The molecule has 0 N–H and O–H groups in total. The summed E-state index contributed by atoms with van der Waals surface area (Å²) in [4.78, 5) is 4.86. The van der Waals surface area contributed by atoms with Crippen LogP contribution in [0, 0.1) is 0 Å². The number of imidazole rings is 1. The van der Waals surface area contributed by atoms with Gasteiger partial charge >= 0.3 is 0 Å². The standard InChI is InChI=1S/C26H16N2O2/c1-3-7-23-18(5-1)19-13-16(10-12-24(19)30-23)17-9-11-21-20(14-17)27-26-15-29-25-8-4-2-6-22(25)28(21)26/h1-14H,15H2. The Morgan fingerprint density at radius 2 is 1.53 bits per heavy atom. The lowest BCUT2D eigenvalue weighted by Gasteiger charge is -2.19. The second-order valence-electron chi connectivity index (χ2n) is 7.63. The maximum absolute atomic E-state index is 5.97. The molecule has 0 aliphatic carbocycles. The molecule has 0 amide bonds. The number of hydrogen-bond acceptors (Lipinski definition) is 3. The van der Waals surface area contributed by atoms with E-state index in [1.54, 1.807) is 0 Å². The minimum Gasteiger partial charge on any atom is -0.483 e. The molecule has 0 saturated carbocycles. The van der Waals surface area contributed by atoms with E-state index in [0.717, 1.165) is 61.4 Å². The van der Waals surface area contributed by atoms with E-state index >= 15 is 0 Å². The van der Waals surface area contributed by atoms with Crippen molar-refractivity contribution in [1.29, 1.82) is 0 Å². The number of fused-ring (bicyclic) bond motifs is 8. The van der Waals surface area contributed by atoms with Crippen LogP contribution in [0.2, 0.25) is 0 Å². The van der Waals surface area contributed by atoms with Gasteiger partial charge in [0.15, 0.2) is 5.82 Å². The Labute approximate surface area is 171 Å². The van der Waals surface area contributed by atoms with Gasteiger partial charge in [0.05, 0.1) is 16.7 Å². The molecule has 4 heteroatoms. The molecule has 0 saturated heterocycles. The summed E-state index contributed by atoms with van der Waals surface area (Å²) in [7, 11) is 0. The molecule has 30 heavy (non-hydrogen) atoms. The van der Waals surface area contributed by atoms with E-state index in [-0.39, 0.29) is 0 Å². The molecule has 1 aliphatic heterocycles. The first kappa shape index (κ1) is 15.8. The van der Waals surface area contributed by atoms with Crippen LogP contribution in [0.5, 0.6) is 5.75 Å². The lowest BCUT2D eigenvalue weighted by atomic mass is 10.0. The van der Waals surface area contributed by atoms with Gasteiger partial charge in [-0.25, -0.2) is 4.98 Å². The Morgan fingerprint density at radius 3 is 2.53 bits per heavy atom. The number of para-hydroxylation sites is 3. The summed E-state index contributed by atoms with van der Waals surface area (Å²) in [5, 5.41) is 2.27. The molecule has 0 radical (unpaired) electrons. The number of aromatic nitrogens is 2. The van der Waals surface area contributed by atoms with Gasteiger partial charge in [0.2, 0.25) is 0 Å². The average molecular weight is 388 g/mol. The lowest BCUT2D eigenvalue weighted by Crippen LogP contribution is -2.12. The van der Waals surface area contributed by atoms with Gasteiger partial charge in [-0.3, -0.25) is 4.57 Å². The van der Waals surface area contributed by atoms with E-state index in [2.05, 4.69) is 53.1 Å². The van der Waals surface area contributed by atoms with Crippen molar-refractivity contribution in [1.82, 2.24) is 9.55 Å². The van der Waals surface area contributed by atoms with Gasteiger partial charge in [-0.05, 0) is 53.6 Å². The molecule has 0 bridgehead atoms. The van der Waals surface area contributed by atoms with E-state index in [4.69, 9.17) is 14.1 Å². The molecule has 2 aromatic heterocycles. The highest BCUT2D eigenvalue weighted by molar-refractivity contribution is 6.06. The summed E-state index contributed by atoms with van der Waals surface area (Å²) < 4.78 is 14.1. The van der Waals surface area contributed by atoms with E-state index in [0.29, 0.717) is 6.61 Å². The van der Waals surface area contributed by atoms with E-state index in [9.17, 15) is 0 Å². The van der Waals surface area contributed by atoms with Crippen LogP contribution in [0.25, 0.3) is 49.8 Å². The second-order valence-corrected chi connectivity index (χ2v) is 7.63. The van der Waals surface area contributed by atoms with E-state index < -0.39 is 0 Å². The minimum absolute atomic E-state index is 0.480. The second kappa shape index (κ2) is 5.74. The van der Waals surface area contributed by atoms with Gasteiger partial charge in [-0.1, -0.05) is 42.5 Å². The Kier molecular flexibility index (Phi) is 3.03. The summed E-state index contributed by atoms with van der Waals surface area (Å²) in [6.45, 7) is 0.480. The van der Waals surface area contributed by atoms with E-state index in [1.807, 2.05) is 36.4 Å². The smallest absolute Gasteiger partial charge is 0.152 e. The van der Waals surface area contributed by atoms with Crippen LogP contribution in [-0.4, -0.2) is 9.55 Å². The third kappa shape index (κ3) is 2.13. The fourth-order valence-electron chi connectivity index (χ4n) is 4.49. The Balaban J connectivity index is 1.41. The Morgan fingerprint density at radius 1 is 0.733 bits per heavy atom. The Hall–Kier alpha value is -4.05. The third-order valence-electron chi connectivity index (χ3n) is 5.90. The average Bonchev–Trinajstić information content (AvgIpc) is 3.36. The Bertz CT molecular complexity index is 1610. The van der Waals surface area contributed by atoms with Crippen molar-refractivity contribution in [3.05, 3.63) is 90.8 Å². The number of nitrogens with zero attached hydrogens (tertiary/aromatic N) is 2. The van der Waals surface area contributed by atoms with Crippen LogP contribution in [0.1, 0.15) is 5.82 Å². The summed E-state index contributed by atoms with van der Waals surface area (Å²) in [5.74, 6) is 1.82. The van der Waals surface area contributed by atoms with Crippen LogP contribution in [0.15, 0.2) is 89.3 Å². The molecule has 3 heterocycles. The summed E-state index contributed by atoms with van der Waals surface area (Å²) in [6, 6.07) is 29.1. The summed E-state index contributed by atoms with van der Waals surface area (Å²) in [6.07, 6.45) is 0. The number of benzene rings is 4. The van der Waals surface area contributed by atoms with Crippen LogP contribution in [-0.2, 0) is 6.61 Å². The lowest BCUT2D eigenvalue weighted by molar-refractivity contribution is 0.280. The predicted molar refractivity (Wildman–Crippen MR) is 118 cm³/mol. The highest BCUT2D eigenvalue weighted by Gasteiger charge is 2.21. The maximum atomic E-state index is 5.97. The van der Waals surface area contributed by atoms with Crippen molar-refractivity contribution in [2.45, 2.75) is 6.61 Å². The van der Waals surface area contributed by atoms with Crippen molar-refractivity contribution < 1.29 is 9.15 Å². The van der Waals surface area contributed by atoms with Gasteiger partial charge in [0.25, 0.3) is 0 Å². The van der Waals surface area contributed by atoms with Crippen molar-refractivity contribution in [3.8, 4) is 22.6 Å². The molecule has 0 unspecified atom stereocenters. The molecule has 1 aliphatic rings. The molecule has 4 aromatic carbocycles. The molecule has 6 aromatic rings. The quantitative estimate of drug-likeness (QED) is 0.323. The number of rotatable bonds is 1. The first-order valence-corrected chi connectivity index (χ1v) is 10.0. The molecular weight excluding hydrogens is 372 g/mol. The van der Waals surface area contributed by atoms with Crippen LogP contribution in [0.3, 0.4) is 0 Å². The fourth-order valence-corrected chi connectivity index (χ4v) is 4.49. The highest BCUT2D eigenvalue weighted by Crippen LogP contribution is 2.36. The summed E-state index contributed by atoms with van der Waals surface area (Å²) >= 11 is 0. The maximum Gasteiger partial charge on any atom is 0.152 e. The monoisotopic (exact) mass is 388 g/mol. The topological polar surface area (TPSA) is 40.2 Å². The zero-order valence-corrected chi connectivity index (χ0v) is 16.0. The molecule has 7 rings (SSSR count). The van der Waals surface area contributed by atoms with Gasteiger partial charge in [0.1, 0.15) is 23.5 Å². The largest absolute Gasteiger partial charge is 0.483 e. The normalized spacial score (nSPS) is 12.8. The van der Waals surface area contributed by atoms with Gasteiger partial charge < -0.3 is 9.15 Å². The molecular formula is C26H16N2O2. The molecule has 142 valence electrons. The SMILES string of the molecule is c1ccc2c(c1)OCc1nc3cc(-c4ccc5oc6ccccc6c5c4)ccc3n1-2. The predicted octanol–water partition coefficient (Wildman–Crippen LogP) is 6.48. The zero-order chi connectivity index (χ0) is 19.7. The van der Waals surface area contributed by atoms with Gasteiger partial charge in [-0.2, -0.15) is 0 Å². The van der Waals surface area contributed by atoms with E-state index in [1.165, 1.54) is 0 Å². The molecule has 4 nitrogen and oxygen atoms in total. The van der Waals surface area contributed by atoms with Gasteiger partial charge in [0, 0.05) is 10.8 Å².